The van der Waals surface area contributed by atoms with E-state index in [4.69, 9.17) is 5.73 Å². The van der Waals surface area contributed by atoms with Gasteiger partial charge in [0.25, 0.3) is 5.56 Å². The van der Waals surface area contributed by atoms with Crippen LogP contribution in [0.4, 0.5) is 5.95 Å². The van der Waals surface area contributed by atoms with Gasteiger partial charge in [-0.1, -0.05) is 13.8 Å². The summed E-state index contributed by atoms with van der Waals surface area (Å²) in [5.41, 5.74) is 7.14. The fourth-order valence-electron chi connectivity index (χ4n) is 2.13. The van der Waals surface area contributed by atoms with E-state index in [9.17, 15) is 4.79 Å². The molecule has 76 valence electrons. The van der Waals surface area contributed by atoms with Gasteiger partial charge in [-0.05, 0) is 19.3 Å². The fraction of sp³-hybridized carbons (Fsp3) is 0.600. The number of aromatic nitrogens is 2. The Balaban J connectivity index is 2.69. The molecule has 1 aromatic rings. The van der Waals surface area contributed by atoms with E-state index in [0.717, 1.165) is 30.5 Å². The first-order valence-electron chi connectivity index (χ1n) is 4.90. The van der Waals surface area contributed by atoms with Gasteiger partial charge in [-0.3, -0.25) is 9.78 Å². The predicted molar refractivity (Wildman–Crippen MR) is 55.2 cm³/mol. The second kappa shape index (κ2) is 2.83. The van der Waals surface area contributed by atoms with Crippen LogP contribution < -0.4 is 11.3 Å². The highest BCUT2D eigenvalue weighted by atomic mass is 16.1. The standard InChI is InChI=1S/C10H15N3O/c1-10(2)5-3-4-6-7(10)12-9(11)13-8(6)14/h3-5H2,1-2H3,(H3,11,12,13,14). The Morgan fingerprint density at radius 1 is 1.50 bits per heavy atom. The largest absolute Gasteiger partial charge is 0.369 e. The summed E-state index contributed by atoms with van der Waals surface area (Å²) in [6.45, 7) is 4.22. The van der Waals surface area contributed by atoms with E-state index in [1.807, 2.05) is 0 Å². The van der Waals surface area contributed by atoms with Crippen LogP contribution in [0.25, 0.3) is 0 Å². The molecule has 0 bridgehead atoms. The highest BCUT2D eigenvalue weighted by molar-refractivity contribution is 5.32. The third-order valence-corrected chi connectivity index (χ3v) is 2.90. The molecule has 4 heteroatoms. The fourth-order valence-corrected chi connectivity index (χ4v) is 2.13. The molecule has 2 rings (SSSR count). The van der Waals surface area contributed by atoms with Gasteiger partial charge in [0.15, 0.2) is 0 Å². The highest BCUT2D eigenvalue weighted by Gasteiger charge is 2.30. The van der Waals surface area contributed by atoms with Gasteiger partial charge < -0.3 is 5.73 Å². The number of nitrogens with zero attached hydrogens (tertiary/aromatic N) is 1. The van der Waals surface area contributed by atoms with Crippen LogP contribution in [0.3, 0.4) is 0 Å². The van der Waals surface area contributed by atoms with Crippen molar-refractivity contribution in [1.82, 2.24) is 9.97 Å². The maximum Gasteiger partial charge on any atom is 0.255 e. The molecule has 0 spiro atoms. The molecule has 1 aliphatic carbocycles. The Labute approximate surface area is 82.6 Å². The number of hydrogen-bond donors (Lipinski definition) is 2. The zero-order chi connectivity index (χ0) is 10.3. The van der Waals surface area contributed by atoms with Crippen molar-refractivity contribution in [2.45, 2.75) is 38.5 Å². The minimum absolute atomic E-state index is 0.0179. The summed E-state index contributed by atoms with van der Waals surface area (Å²) in [5, 5.41) is 0. The summed E-state index contributed by atoms with van der Waals surface area (Å²) in [4.78, 5) is 18.4. The predicted octanol–water partition coefficient (Wildman–Crippen LogP) is 0.966. The number of hydrogen-bond acceptors (Lipinski definition) is 3. The number of nitrogens with two attached hydrogens (primary N) is 1. The lowest BCUT2D eigenvalue weighted by atomic mass is 9.76. The molecular weight excluding hydrogens is 178 g/mol. The Kier molecular flexibility index (Phi) is 1.87. The maximum absolute atomic E-state index is 11.6. The smallest absolute Gasteiger partial charge is 0.255 e. The molecule has 0 saturated heterocycles. The van der Waals surface area contributed by atoms with Crippen molar-refractivity contribution in [3.8, 4) is 0 Å². The van der Waals surface area contributed by atoms with E-state index in [0.29, 0.717) is 0 Å². The van der Waals surface area contributed by atoms with Crippen molar-refractivity contribution >= 4 is 5.95 Å². The van der Waals surface area contributed by atoms with Crippen molar-refractivity contribution in [2.24, 2.45) is 0 Å². The first-order valence-corrected chi connectivity index (χ1v) is 4.90. The average Bonchev–Trinajstić information content (AvgIpc) is 2.06. The van der Waals surface area contributed by atoms with Gasteiger partial charge in [0, 0.05) is 11.0 Å². The normalized spacial score (nSPS) is 19.0. The molecule has 1 aromatic heterocycles. The summed E-state index contributed by atoms with van der Waals surface area (Å²) in [6.07, 6.45) is 2.94. The lowest BCUT2D eigenvalue weighted by Crippen LogP contribution is -2.32. The molecule has 0 radical (unpaired) electrons. The van der Waals surface area contributed by atoms with Gasteiger partial charge in [-0.15, -0.1) is 0 Å². The Morgan fingerprint density at radius 2 is 2.21 bits per heavy atom. The third-order valence-electron chi connectivity index (χ3n) is 2.90. The van der Waals surface area contributed by atoms with Crippen molar-refractivity contribution < 1.29 is 0 Å². The number of nitrogen functional groups attached to an aromatic ring is 1. The summed E-state index contributed by atoms with van der Waals surface area (Å²) in [5.74, 6) is 0.226. The molecule has 14 heavy (non-hydrogen) atoms. The van der Waals surface area contributed by atoms with Crippen molar-refractivity contribution in [1.29, 1.82) is 0 Å². The average molecular weight is 193 g/mol. The van der Waals surface area contributed by atoms with Crippen LogP contribution in [-0.4, -0.2) is 9.97 Å². The van der Waals surface area contributed by atoms with E-state index in [2.05, 4.69) is 23.8 Å². The summed E-state index contributed by atoms with van der Waals surface area (Å²) < 4.78 is 0. The zero-order valence-electron chi connectivity index (χ0n) is 8.55. The molecular formula is C10H15N3O. The van der Waals surface area contributed by atoms with E-state index in [1.165, 1.54) is 0 Å². The maximum atomic E-state index is 11.6. The molecule has 0 saturated carbocycles. The topological polar surface area (TPSA) is 71.8 Å². The lowest BCUT2D eigenvalue weighted by molar-refractivity contribution is 0.415. The van der Waals surface area contributed by atoms with Crippen LogP contribution in [0.5, 0.6) is 0 Å². The van der Waals surface area contributed by atoms with Crippen LogP contribution in [-0.2, 0) is 11.8 Å². The molecule has 1 heterocycles. The number of fused-ring (bicyclic) bond motifs is 1. The molecule has 0 aromatic carbocycles. The SMILES string of the molecule is CC1(C)CCCc2c1nc(N)[nH]c2=O. The van der Waals surface area contributed by atoms with E-state index < -0.39 is 0 Å². The zero-order valence-corrected chi connectivity index (χ0v) is 8.55. The Morgan fingerprint density at radius 3 is 2.93 bits per heavy atom. The number of rotatable bonds is 0. The molecule has 0 amide bonds. The molecule has 4 nitrogen and oxygen atoms in total. The summed E-state index contributed by atoms with van der Waals surface area (Å²) in [6, 6.07) is 0. The van der Waals surface area contributed by atoms with E-state index in [1.54, 1.807) is 0 Å². The van der Waals surface area contributed by atoms with Gasteiger partial charge in [-0.2, -0.15) is 0 Å². The number of anilines is 1. The summed E-state index contributed by atoms with van der Waals surface area (Å²) in [7, 11) is 0. The van der Waals surface area contributed by atoms with Crippen LogP contribution >= 0.6 is 0 Å². The molecule has 0 unspecified atom stereocenters. The van der Waals surface area contributed by atoms with Crippen molar-refractivity contribution in [3.63, 3.8) is 0 Å². The number of aromatic amines is 1. The molecule has 0 atom stereocenters. The van der Waals surface area contributed by atoms with Crippen LogP contribution in [0.2, 0.25) is 0 Å². The highest BCUT2D eigenvalue weighted by Crippen LogP contribution is 2.33. The summed E-state index contributed by atoms with van der Waals surface area (Å²) >= 11 is 0. The van der Waals surface area contributed by atoms with Gasteiger partial charge in [-0.25, -0.2) is 4.98 Å². The Hall–Kier alpha value is -1.32. The minimum atomic E-state index is -0.0692. The van der Waals surface area contributed by atoms with Gasteiger partial charge >= 0.3 is 0 Å². The van der Waals surface area contributed by atoms with Gasteiger partial charge in [0.2, 0.25) is 5.95 Å². The second-order valence-corrected chi connectivity index (χ2v) is 4.52. The minimum Gasteiger partial charge on any atom is -0.369 e. The monoisotopic (exact) mass is 193 g/mol. The lowest BCUT2D eigenvalue weighted by Gasteiger charge is -2.30. The molecule has 0 aliphatic heterocycles. The van der Waals surface area contributed by atoms with Gasteiger partial charge in [0.05, 0.1) is 5.69 Å². The second-order valence-electron chi connectivity index (χ2n) is 4.52. The van der Waals surface area contributed by atoms with E-state index >= 15 is 0 Å². The van der Waals surface area contributed by atoms with E-state index in [-0.39, 0.29) is 16.9 Å². The number of H-pyrrole nitrogens is 1. The molecule has 3 N–H and O–H groups in total. The van der Waals surface area contributed by atoms with Crippen LogP contribution in [0.15, 0.2) is 4.79 Å². The molecule has 1 aliphatic rings. The van der Waals surface area contributed by atoms with Crippen LogP contribution in [0, 0.1) is 0 Å². The first kappa shape index (κ1) is 9.24. The van der Waals surface area contributed by atoms with Crippen LogP contribution in [0.1, 0.15) is 37.9 Å². The Bertz CT molecular complexity index is 420. The quantitative estimate of drug-likeness (QED) is 0.644. The van der Waals surface area contributed by atoms with Crippen molar-refractivity contribution in [2.75, 3.05) is 5.73 Å². The third kappa shape index (κ3) is 1.31. The number of nitrogens with one attached hydrogen (secondary N) is 1. The van der Waals surface area contributed by atoms with Gasteiger partial charge in [0.1, 0.15) is 0 Å². The first-order chi connectivity index (χ1) is 6.50. The van der Waals surface area contributed by atoms with Crippen molar-refractivity contribution in [3.05, 3.63) is 21.6 Å². The molecule has 0 fully saturated rings.